The van der Waals surface area contributed by atoms with Crippen LogP contribution in [0.1, 0.15) is 49.7 Å². The minimum atomic E-state index is 0.0344. The first-order valence-electron chi connectivity index (χ1n) is 8.05. The average Bonchev–Trinajstić information content (AvgIpc) is 2.70. The summed E-state index contributed by atoms with van der Waals surface area (Å²) in [6.07, 6.45) is 5.08. The normalized spacial score (nSPS) is 37.9. The Morgan fingerprint density at radius 2 is 2.14 bits per heavy atom. The molecule has 2 saturated carbocycles. The number of fused-ring (bicyclic) bond motifs is 5. The Morgan fingerprint density at radius 3 is 2.95 bits per heavy atom. The van der Waals surface area contributed by atoms with Crippen LogP contribution in [0.15, 0.2) is 30.4 Å². The summed E-state index contributed by atoms with van der Waals surface area (Å²) in [5.41, 5.74) is 3.63. The molecule has 3 aliphatic carbocycles. The van der Waals surface area contributed by atoms with E-state index in [-0.39, 0.29) is 5.41 Å². The Hall–Kier alpha value is -1.57. The lowest BCUT2D eigenvalue weighted by atomic mass is 9.55. The summed E-state index contributed by atoms with van der Waals surface area (Å²) < 4.78 is 0. The number of carbonyl (C=O) groups excluding carboxylic acids is 1. The molecule has 0 heterocycles. The Bertz CT molecular complexity index is 645. The molecule has 21 heavy (non-hydrogen) atoms. The molecule has 0 unspecified atom stereocenters. The van der Waals surface area contributed by atoms with E-state index in [2.05, 4.69) is 19.6 Å². The van der Waals surface area contributed by atoms with Crippen molar-refractivity contribution in [1.82, 2.24) is 0 Å². The maximum atomic E-state index is 12.2. The van der Waals surface area contributed by atoms with Gasteiger partial charge in [0.05, 0.1) is 0 Å². The molecule has 2 fully saturated rings. The second-order valence-corrected chi connectivity index (χ2v) is 7.36. The first-order chi connectivity index (χ1) is 10.0. The molecule has 0 radical (unpaired) electrons. The second kappa shape index (κ2) is 4.22. The Morgan fingerprint density at radius 1 is 1.33 bits per heavy atom. The summed E-state index contributed by atoms with van der Waals surface area (Å²) in [5.74, 6) is 2.30. The van der Waals surface area contributed by atoms with Gasteiger partial charge < -0.3 is 5.11 Å². The fourth-order valence-electron chi connectivity index (χ4n) is 5.28. The Kier molecular flexibility index (Phi) is 2.64. The highest BCUT2D eigenvalue weighted by molar-refractivity contribution is 5.99. The highest BCUT2D eigenvalue weighted by Crippen LogP contribution is 2.61. The van der Waals surface area contributed by atoms with Gasteiger partial charge >= 0.3 is 0 Å². The number of rotatable bonds is 0. The van der Waals surface area contributed by atoms with E-state index in [1.807, 2.05) is 12.1 Å². The summed E-state index contributed by atoms with van der Waals surface area (Å²) in [4.78, 5) is 12.2. The molecule has 1 aromatic carbocycles. The zero-order valence-corrected chi connectivity index (χ0v) is 12.6. The monoisotopic (exact) mass is 282 g/mol. The minimum Gasteiger partial charge on any atom is -0.508 e. The number of phenolic OH excluding ortho intramolecular Hbond substituents is 1. The number of phenols is 1. The predicted octanol–water partition coefficient (Wildman–Crippen LogP) is 3.98. The van der Waals surface area contributed by atoms with Gasteiger partial charge in [0.2, 0.25) is 0 Å². The van der Waals surface area contributed by atoms with Crippen LogP contribution in [-0.2, 0) is 11.2 Å². The van der Waals surface area contributed by atoms with Crippen molar-refractivity contribution in [3.05, 3.63) is 41.5 Å². The lowest BCUT2D eigenvalue weighted by Crippen LogP contribution is -2.40. The molecule has 0 saturated heterocycles. The van der Waals surface area contributed by atoms with Gasteiger partial charge in [0.15, 0.2) is 5.78 Å². The average molecular weight is 282 g/mol. The minimum absolute atomic E-state index is 0.0344. The van der Waals surface area contributed by atoms with E-state index < -0.39 is 0 Å². The molecule has 0 amide bonds. The van der Waals surface area contributed by atoms with Crippen molar-refractivity contribution in [1.29, 1.82) is 0 Å². The lowest BCUT2D eigenvalue weighted by molar-refractivity contribution is -0.115. The molecule has 0 bridgehead atoms. The molecule has 0 spiro atoms. The Balaban J connectivity index is 1.74. The molecule has 2 heteroatoms. The molecule has 110 valence electrons. The van der Waals surface area contributed by atoms with Gasteiger partial charge in [-0.3, -0.25) is 4.79 Å². The zero-order chi connectivity index (χ0) is 14.8. The molecule has 3 aliphatic rings. The van der Waals surface area contributed by atoms with E-state index >= 15 is 0 Å². The van der Waals surface area contributed by atoms with Crippen LogP contribution in [0.25, 0.3) is 0 Å². The number of allylic oxidation sites excluding steroid dienone is 1. The van der Waals surface area contributed by atoms with E-state index in [1.165, 1.54) is 11.1 Å². The van der Waals surface area contributed by atoms with Gasteiger partial charge in [0, 0.05) is 6.42 Å². The number of aromatic hydroxyl groups is 1. The number of hydrogen-bond acceptors (Lipinski definition) is 2. The lowest BCUT2D eigenvalue weighted by Gasteiger charge is -2.49. The molecular weight excluding hydrogens is 260 g/mol. The third-order valence-corrected chi connectivity index (χ3v) is 6.53. The second-order valence-electron chi connectivity index (χ2n) is 7.36. The largest absolute Gasteiger partial charge is 0.508 e. The van der Waals surface area contributed by atoms with Crippen molar-refractivity contribution >= 4 is 5.78 Å². The SMILES string of the molecule is C=C1C(=O)C[C@H]2[C@@H]3CCc4cc(O)ccc4[C@H]3CC[C@]12C. The van der Waals surface area contributed by atoms with E-state index in [9.17, 15) is 9.90 Å². The van der Waals surface area contributed by atoms with Crippen LogP contribution >= 0.6 is 0 Å². The van der Waals surface area contributed by atoms with Gasteiger partial charge in [-0.15, -0.1) is 0 Å². The number of carbonyl (C=O) groups is 1. The smallest absolute Gasteiger partial charge is 0.159 e. The summed E-state index contributed by atoms with van der Waals surface area (Å²) in [6.45, 7) is 6.36. The van der Waals surface area contributed by atoms with Gasteiger partial charge in [-0.05, 0) is 77.7 Å². The molecule has 0 aromatic heterocycles. The number of Topliss-reactive ketones (excluding diaryl/α,β-unsaturated/α-hetero) is 1. The third kappa shape index (κ3) is 1.68. The molecule has 4 rings (SSSR count). The summed E-state index contributed by atoms with van der Waals surface area (Å²) >= 11 is 0. The van der Waals surface area contributed by atoms with Crippen LogP contribution in [0.2, 0.25) is 0 Å². The van der Waals surface area contributed by atoms with Gasteiger partial charge in [-0.1, -0.05) is 19.6 Å². The number of benzene rings is 1. The Labute approximate surface area is 125 Å². The maximum absolute atomic E-state index is 12.2. The molecule has 0 aliphatic heterocycles. The van der Waals surface area contributed by atoms with Crippen molar-refractivity contribution in [2.24, 2.45) is 17.3 Å². The van der Waals surface area contributed by atoms with Crippen LogP contribution in [0, 0.1) is 17.3 Å². The number of ketones is 1. The highest BCUT2D eigenvalue weighted by atomic mass is 16.3. The quantitative estimate of drug-likeness (QED) is 0.731. The summed E-state index contributed by atoms with van der Waals surface area (Å²) in [5, 5.41) is 9.69. The standard InChI is InChI=1S/C19H22O2/c1-11-18(21)10-17-16-5-3-12-9-13(20)4-6-14(12)15(16)7-8-19(11,17)2/h4,6,9,15-17,20H,1,3,5,7-8,10H2,2H3/t15-,16-,17+,19-/m1/s1. The van der Waals surface area contributed by atoms with Crippen LogP contribution in [0.4, 0.5) is 0 Å². The molecule has 1 N–H and O–H groups in total. The van der Waals surface area contributed by atoms with E-state index in [4.69, 9.17) is 0 Å². The predicted molar refractivity (Wildman–Crippen MR) is 82.3 cm³/mol. The van der Waals surface area contributed by atoms with Gasteiger partial charge in [0.25, 0.3) is 0 Å². The van der Waals surface area contributed by atoms with Gasteiger partial charge in [-0.2, -0.15) is 0 Å². The van der Waals surface area contributed by atoms with Crippen LogP contribution < -0.4 is 0 Å². The molecule has 2 nitrogen and oxygen atoms in total. The van der Waals surface area contributed by atoms with E-state index in [0.29, 0.717) is 35.7 Å². The number of aryl methyl sites for hydroxylation is 1. The maximum Gasteiger partial charge on any atom is 0.159 e. The zero-order valence-electron chi connectivity index (χ0n) is 12.6. The summed E-state index contributed by atoms with van der Waals surface area (Å²) in [7, 11) is 0. The van der Waals surface area contributed by atoms with Crippen molar-refractivity contribution in [3.63, 3.8) is 0 Å². The topological polar surface area (TPSA) is 37.3 Å². The van der Waals surface area contributed by atoms with Crippen molar-refractivity contribution in [3.8, 4) is 5.75 Å². The van der Waals surface area contributed by atoms with E-state index in [1.54, 1.807) is 0 Å². The first kappa shape index (κ1) is 13.1. The van der Waals surface area contributed by atoms with Gasteiger partial charge in [0.1, 0.15) is 5.75 Å². The molecular formula is C19H22O2. The molecule has 4 atom stereocenters. The fraction of sp³-hybridized carbons (Fsp3) is 0.526. The summed E-state index contributed by atoms with van der Waals surface area (Å²) in [6, 6.07) is 5.85. The first-order valence-corrected chi connectivity index (χ1v) is 8.05. The molecule has 1 aromatic rings. The third-order valence-electron chi connectivity index (χ3n) is 6.53. The highest BCUT2D eigenvalue weighted by Gasteiger charge is 2.54. The van der Waals surface area contributed by atoms with Crippen LogP contribution in [0.3, 0.4) is 0 Å². The fourth-order valence-corrected chi connectivity index (χ4v) is 5.28. The van der Waals surface area contributed by atoms with Crippen molar-refractivity contribution in [2.45, 2.75) is 44.9 Å². The van der Waals surface area contributed by atoms with Crippen LogP contribution in [0.5, 0.6) is 5.75 Å². The van der Waals surface area contributed by atoms with Gasteiger partial charge in [-0.25, -0.2) is 0 Å². The van der Waals surface area contributed by atoms with Crippen molar-refractivity contribution < 1.29 is 9.90 Å². The van der Waals surface area contributed by atoms with Crippen molar-refractivity contribution in [2.75, 3.05) is 0 Å². The van der Waals surface area contributed by atoms with Crippen LogP contribution in [-0.4, -0.2) is 10.9 Å². The van der Waals surface area contributed by atoms with E-state index in [0.717, 1.165) is 31.3 Å². The number of hydrogen-bond donors (Lipinski definition) is 1.